The van der Waals surface area contributed by atoms with Crippen molar-refractivity contribution in [3.8, 4) is 16.6 Å². The van der Waals surface area contributed by atoms with Crippen molar-refractivity contribution in [3.05, 3.63) is 73.0 Å². The quantitative estimate of drug-likeness (QED) is 0.714. The number of aromatic nitrogens is 3. The molecule has 26 heavy (non-hydrogen) atoms. The number of hydrogen-bond acceptors (Lipinski definition) is 5. The Morgan fingerprint density at radius 2 is 2.04 bits per heavy atom. The highest BCUT2D eigenvalue weighted by molar-refractivity contribution is 7.13. The third-order valence-electron chi connectivity index (χ3n) is 4.61. The third-order valence-corrected chi connectivity index (χ3v) is 5.55. The van der Waals surface area contributed by atoms with Gasteiger partial charge in [0.2, 0.25) is 0 Å². The molecule has 1 aromatic carbocycles. The van der Waals surface area contributed by atoms with Crippen LogP contribution in [0.1, 0.15) is 28.9 Å². The number of aryl methyl sites for hydroxylation is 1. The van der Waals surface area contributed by atoms with Gasteiger partial charge >= 0.3 is 5.69 Å². The zero-order valence-electron chi connectivity index (χ0n) is 14.2. The summed E-state index contributed by atoms with van der Waals surface area (Å²) < 4.78 is 2.68. The second-order valence-electron chi connectivity index (χ2n) is 6.37. The lowest BCUT2D eigenvalue weighted by Crippen LogP contribution is -2.42. The van der Waals surface area contributed by atoms with Gasteiger partial charge in [0, 0.05) is 23.2 Å². The molecule has 0 spiro atoms. The number of hydrogen-bond donors (Lipinski definition) is 0. The molecule has 6 nitrogen and oxygen atoms in total. The van der Waals surface area contributed by atoms with Gasteiger partial charge in [-0.05, 0) is 19.8 Å². The monoisotopic (exact) mass is 364 g/mol. The molecule has 1 aliphatic heterocycles. The zero-order chi connectivity index (χ0) is 18.3. The van der Waals surface area contributed by atoms with E-state index in [9.17, 15) is 14.9 Å². The van der Waals surface area contributed by atoms with Crippen molar-refractivity contribution in [1.82, 2.24) is 14.1 Å². The van der Waals surface area contributed by atoms with Crippen molar-refractivity contribution in [2.24, 2.45) is 0 Å². The first-order chi connectivity index (χ1) is 12.6. The summed E-state index contributed by atoms with van der Waals surface area (Å²) in [7, 11) is 0. The fourth-order valence-corrected chi connectivity index (χ4v) is 4.08. The smallest absolute Gasteiger partial charge is 0.296 e. The van der Waals surface area contributed by atoms with Gasteiger partial charge in [0.1, 0.15) is 16.6 Å². The molecule has 0 bridgehead atoms. The van der Waals surface area contributed by atoms with E-state index in [1.165, 1.54) is 16.9 Å². The minimum absolute atomic E-state index is 0.0784. The summed E-state index contributed by atoms with van der Waals surface area (Å²) in [5, 5.41) is 12.0. The molecule has 0 amide bonds. The van der Waals surface area contributed by atoms with Crippen LogP contribution in [0.3, 0.4) is 0 Å². The van der Waals surface area contributed by atoms with Gasteiger partial charge in [0.15, 0.2) is 0 Å². The van der Waals surface area contributed by atoms with E-state index in [-0.39, 0.29) is 17.8 Å². The van der Waals surface area contributed by atoms with Gasteiger partial charge < -0.3 is 0 Å². The molecule has 0 saturated carbocycles. The number of rotatable bonds is 3. The maximum absolute atomic E-state index is 12.7. The highest BCUT2D eigenvalue weighted by atomic mass is 32.1. The molecule has 2 aromatic heterocycles. The Labute approximate surface area is 153 Å². The summed E-state index contributed by atoms with van der Waals surface area (Å²) in [6.07, 6.45) is 1.38. The van der Waals surface area contributed by atoms with Gasteiger partial charge in [-0.15, -0.1) is 11.3 Å². The highest BCUT2D eigenvalue weighted by Crippen LogP contribution is 2.24. The Morgan fingerprint density at radius 1 is 1.27 bits per heavy atom. The first kappa shape index (κ1) is 16.5. The van der Waals surface area contributed by atoms with Crippen LogP contribution in [0.25, 0.3) is 10.6 Å². The molecule has 0 aliphatic carbocycles. The Hall–Kier alpha value is -2.98. The van der Waals surface area contributed by atoms with Crippen molar-refractivity contribution in [2.75, 3.05) is 0 Å². The van der Waals surface area contributed by atoms with E-state index in [0.717, 1.165) is 21.6 Å². The fraction of sp³-hybridized carbons (Fsp3) is 0.263. The van der Waals surface area contributed by atoms with Crippen LogP contribution in [-0.2, 0) is 19.5 Å². The second-order valence-corrected chi connectivity index (χ2v) is 7.23. The van der Waals surface area contributed by atoms with E-state index in [1.54, 1.807) is 4.57 Å². The highest BCUT2D eigenvalue weighted by Gasteiger charge is 2.23. The van der Waals surface area contributed by atoms with E-state index in [0.29, 0.717) is 24.4 Å². The summed E-state index contributed by atoms with van der Waals surface area (Å²) in [5.41, 5.74) is 2.59. The number of thiazole rings is 1. The summed E-state index contributed by atoms with van der Waals surface area (Å²) in [4.78, 5) is 29.8. The summed E-state index contributed by atoms with van der Waals surface area (Å²) >= 11 is 1.47. The van der Waals surface area contributed by atoms with E-state index in [1.807, 2.05) is 42.6 Å². The molecule has 0 unspecified atom stereocenters. The van der Waals surface area contributed by atoms with E-state index >= 15 is 0 Å². The van der Waals surface area contributed by atoms with Crippen molar-refractivity contribution >= 4 is 11.3 Å². The molecule has 0 N–H and O–H groups in total. The van der Waals surface area contributed by atoms with Crippen LogP contribution in [-0.4, -0.2) is 14.1 Å². The number of benzene rings is 1. The van der Waals surface area contributed by atoms with E-state index < -0.39 is 5.56 Å². The van der Waals surface area contributed by atoms with Crippen LogP contribution in [0.15, 0.2) is 39.2 Å². The van der Waals surface area contributed by atoms with Crippen molar-refractivity contribution in [2.45, 2.75) is 32.9 Å². The predicted octanol–water partition coefficient (Wildman–Crippen LogP) is 2.31. The molecule has 1 aliphatic rings. The van der Waals surface area contributed by atoms with Gasteiger partial charge in [-0.25, -0.2) is 9.78 Å². The third kappa shape index (κ3) is 2.68. The lowest BCUT2D eigenvalue weighted by atomic mass is 10.2. The van der Waals surface area contributed by atoms with Crippen LogP contribution in [0.2, 0.25) is 0 Å². The van der Waals surface area contributed by atoms with E-state index in [4.69, 9.17) is 0 Å². The first-order valence-electron chi connectivity index (χ1n) is 8.36. The minimum atomic E-state index is -0.518. The Morgan fingerprint density at radius 3 is 2.77 bits per heavy atom. The number of nitrogens with zero attached hydrogens (tertiary/aromatic N) is 4. The SMILES string of the molecule is Cc1ccc(-c2nc(Cn3c(=O)c(C#N)c4n(c3=O)CCC4)cs2)cc1. The maximum atomic E-state index is 12.7. The largest absolute Gasteiger partial charge is 0.331 e. The second kappa shape index (κ2) is 6.39. The average molecular weight is 364 g/mol. The van der Waals surface area contributed by atoms with Crippen LogP contribution in [0.4, 0.5) is 0 Å². The molecule has 0 saturated heterocycles. The predicted molar refractivity (Wildman–Crippen MR) is 99.4 cm³/mol. The lowest BCUT2D eigenvalue weighted by molar-refractivity contribution is 0.598. The molecule has 0 radical (unpaired) electrons. The number of fused-ring (bicyclic) bond motifs is 1. The summed E-state index contributed by atoms with van der Waals surface area (Å²) in [6.45, 7) is 2.65. The average Bonchev–Trinajstić information content (AvgIpc) is 3.29. The minimum Gasteiger partial charge on any atom is -0.296 e. The van der Waals surface area contributed by atoms with Gasteiger partial charge in [-0.1, -0.05) is 29.8 Å². The summed E-state index contributed by atoms with van der Waals surface area (Å²) in [5.74, 6) is 0. The molecule has 0 fully saturated rings. The van der Waals surface area contributed by atoms with Gasteiger partial charge in [-0.2, -0.15) is 5.26 Å². The Balaban J connectivity index is 1.73. The van der Waals surface area contributed by atoms with E-state index in [2.05, 4.69) is 4.98 Å². The molecular weight excluding hydrogens is 348 g/mol. The standard InChI is InChI=1S/C19H16N4O2S/c1-12-4-6-13(7-5-12)17-21-14(11-26-17)10-23-18(24)15(9-20)16-3-2-8-22(16)19(23)25/h4-7,11H,2-3,8,10H2,1H3. The zero-order valence-corrected chi connectivity index (χ0v) is 15.0. The van der Waals surface area contributed by atoms with Gasteiger partial charge in [0.05, 0.1) is 12.2 Å². The van der Waals surface area contributed by atoms with Crippen molar-refractivity contribution in [1.29, 1.82) is 5.26 Å². The van der Waals surface area contributed by atoms with Gasteiger partial charge in [-0.3, -0.25) is 13.9 Å². The van der Waals surface area contributed by atoms with Crippen LogP contribution < -0.4 is 11.2 Å². The molecule has 0 atom stereocenters. The van der Waals surface area contributed by atoms with Crippen LogP contribution in [0, 0.1) is 18.3 Å². The van der Waals surface area contributed by atoms with Crippen molar-refractivity contribution in [3.63, 3.8) is 0 Å². The fourth-order valence-electron chi connectivity index (χ4n) is 3.26. The molecule has 130 valence electrons. The molecule has 3 aromatic rings. The Kier molecular flexibility index (Phi) is 4.05. The maximum Gasteiger partial charge on any atom is 0.331 e. The number of nitriles is 1. The van der Waals surface area contributed by atoms with Crippen LogP contribution in [0.5, 0.6) is 0 Å². The summed E-state index contributed by atoms with van der Waals surface area (Å²) in [6, 6.07) is 10.0. The lowest BCUT2D eigenvalue weighted by Gasteiger charge is -2.09. The van der Waals surface area contributed by atoms with Crippen molar-refractivity contribution < 1.29 is 0 Å². The first-order valence-corrected chi connectivity index (χ1v) is 9.24. The molecule has 3 heterocycles. The Bertz CT molecular complexity index is 1150. The van der Waals surface area contributed by atoms with Gasteiger partial charge in [0.25, 0.3) is 5.56 Å². The normalized spacial score (nSPS) is 12.8. The molecule has 7 heteroatoms. The molecule has 4 rings (SSSR count). The topological polar surface area (TPSA) is 80.7 Å². The molecular formula is C19H16N4O2S. The van der Waals surface area contributed by atoms with Crippen LogP contribution >= 0.6 is 11.3 Å².